The Labute approximate surface area is 184 Å². The molecule has 0 aliphatic carbocycles. The van der Waals surface area contributed by atoms with Crippen molar-refractivity contribution in [3.63, 3.8) is 0 Å². The van der Waals surface area contributed by atoms with Crippen molar-refractivity contribution < 1.29 is 22.7 Å². The summed E-state index contributed by atoms with van der Waals surface area (Å²) < 4.78 is 38.7. The Morgan fingerprint density at radius 2 is 1.81 bits per heavy atom. The van der Waals surface area contributed by atoms with Crippen LogP contribution in [0.4, 0.5) is 5.69 Å². The van der Waals surface area contributed by atoms with Gasteiger partial charge in [-0.15, -0.1) is 0 Å². The molecule has 2 aromatic carbocycles. The molecule has 2 aromatic rings. The maximum atomic E-state index is 13.4. The van der Waals surface area contributed by atoms with Crippen molar-refractivity contribution in [2.45, 2.75) is 37.5 Å². The van der Waals surface area contributed by atoms with E-state index in [0.29, 0.717) is 36.6 Å². The summed E-state index contributed by atoms with van der Waals surface area (Å²) in [4.78, 5) is 13.0. The number of nitrogens with one attached hydrogen (secondary N) is 1. The van der Waals surface area contributed by atoms with Crippen LogP contribution in [0.1, 0.15) is 38.2 Å². The summed E-state index contributed by atoms with van der Waals surface area (Å²) in [6, 6.07) is 12.3. The zero-order chi connectivity index (χ0) is 22.6. The normalized spacial score (nSPS) is 17.4. The highest BCUT2D eigenvalue weighted by Crippen LogP contribution is 2.32. The number of piperidine rings is 1. The van der Waals surface area contributed by atoms with Gasteiger partial charge in [-0.25, -0.2) is 8.42 Å². The van der Waals surface area contributed by atoms with E-state index in [4.69, 9.17) is 9.47 Å². The van der Waals surface area contributed by atoms with Crippen molar-refractivity contribution in [1.29, 1.82) is 0 Å². The van der Waals surface area contributed by atoms with Crippen LogP contribution in [0.5, 0.6) is 11.5 Å². The third kappa shape index (κ3) is 5.19. The summed E-state index contributed by atoms with van der Waals surface area (Å²) in [7, 11) is -0.754. The van der Waals surface area contributed by atoms with Crippen molar-refractivity contribution in [3.8, 4) is 11.5 Å². The van der Waals surface area contributed by atoms with Crippen LogP contribution in [-0.4, -0.2) is 45.9 Å². The van der Waals surface area contributed by atoms with Crippen molar-refractivity contribution in [3.05, 3.63) is 48.0 Å². The Hall–Kier alpha value is -2.58. The van der Waals surface area contributed by atoms with Gasteiger partial charge in [-0.3, -0.25) is 4.79 Å². The number of rotatable bonds is 7. The number of carbonyl (C=O) groups is 1. The first-order chi connectivity index (χ1) is 14.8. The van der Waals surface area contributed by atoms with Gasteiger partial charge in [0.15, 0.2) is 0 Å². The molecule has 0 unspecified atom stereocenters. The number of benzene rings is 2. The second-order valence-electron chi connectivity index (χ2n) is 7.98. The molecule has 1 N–H and O–H groups in total. The number of nitrogens with zero attached hydrogens (tertiary/aromatic N) is 1. The SMILES string of the molecule is COc1ccc(NC(=O)[C@@H]2CCCN(S(=O)(=O)c3cc(C(C)C)ccc3OC)C2)cc1. The highest BCUT2D eigenvalue weighted by atomic mass is 32.2. The second-order valence-corrected chi connectivity index (χ2v) is 9.89. The molecular weight excluding hydrogens is 416 g/mol. The zero-order valence-corrected chi connectivity index (χ0v) is 19.2. The zero-order valence-electron chi connectivity index (χ0n) is 18.4. The number of ether oxygens (including phenoxy) is 2. The van der Waals surface area contributed by atoms with E-state index in [2.05, 4.69) is 5.32 Å². The van der Waals surface area contributed by atoms with Crippen molar-refractivity contribution >= 4 is 21.6 Å². The Bertz CT molecular complexity index is 1020. The van der Waals surface area contributed by atoms with Crippen LogP contribution in [0.2, 0.25) is 0 Å². The summed E-state index contributed by atoms with van der Waals surface area (Å²) >= 11 is 0. The number of anilines is 1. The summed E-state index contributed by atoms with van der Waals surface area (Å²) in [5.41, 5.74) is 1.57. The lowest BCUT2D eigenvalue weighted by atomic mass is 9.98. The Kier molecular flexibility index (Phi) is 7.23. The molecule has 0 saturated carbocycles. The molecule has 1 saturated heterocycles. The van der Waals surface area contributed by atoms with Gasteiger partial charge in [0, 0.05) is 18.8 Å². The first-order valence-electron chi connectivity index (χ1n) is 10.4. The molecule has 0 bridgehead atoms. The molecule has 1 aliphatic rings. The fraction of sp³-hybridized carbons (Fsp3) is 0.435. The van der Waals surface area contributed by atoms with Gasteiger partial charge in [0.2, 0.25) is 15.9 Å². The minimum atomic E-state index is -3.80. The molecule has 8 heteroatoms. The average molecular weight is 447 g/mol. The van der Waals surface area contributed by atoms with E-state index in [9.17, 15) is 13.2 Å². The minimum Gasteiger partial charge on any atom is -0.497 e. The summed E-state index contributed by atoms with van der Waals surface area (Å²) in [6.07, 6.45) is 1.25. The number of amides is 1. The first kappa shape index (κ1) is 23.1. The summed E-state index contributed by atoms with van der Waals surface area (Å²) in [5.74, 6) is 0.585. The molecule has 3 rings (SSSR count). The van der Waals surface area contributed by atoms with E-state index in [1.54, 1.807) is 43.5 Å². The molecule has 1 heterocycles. The molecule has 0 aromatic heterocycles. The van der Waals surface area contributed by atoms with Crippen molar-refractivity contribution in [2.24, 2.45) is 5.92 Å². The van der Waals surface area contributed by atoms with Crippen LogP contribution in [0.3, 0.4) is 0 Å². The highest BCUT2D eigenvalue weighted by molar-refractivity contribution is 7.89. The lowest BCUT2D eigenvalue weighted by molar-refractivity contribution is -0.120. The van der Waals surface area contributed by atoms with Gasteiger partial charge in [0.05, 0.1) is 20.1 Å². The van der Waals surface area contributed by atoms with Gasteiger partial charge < -0.3 is 14.8 Å². The number of hydrogen-bond acceptors (Lipinski definition) is 5. The lowest BCUT2D eigenvalue weighted by Gasteiger charge is -2.31. The monoisotopic (exact) mass is 446 g/mol. The van der Waals surface area contributed by atoms with Gasteiger partial charge in [-0.1, -0.05) is 19.9 Å². The number of methoxy groups -OCH3 is 2. The van der Waals surface area contributed by atoms with Crippen LogP contribution < -0.4 is 14.8 Å². The Morgan fingerprint density at radius 1 is 1.10 bits per heavy atom. The molecule has 1 fully saturated rings. The predicted octanol–water partition coefficient (Wildman–Crippen LogP) is 3.87. The molecule has 1 atom stereocenters. The van der Waals surface area contributed by atoms with E-state index in [1.807, 2.05) is 19.9 Å². The van der Waals surface area contributed by atoms with E-state index in [-0.39, 0.29) is 23.3 Å². The molecule has 0 spiro atoms. The molecule has 1 amide bonds. The summed E-state index contributed by atoms with van der Waals surface area (Å²) in [6.45, 7) is 4.54. The molecule has 0 radical (unpaired) electrons. The molecule has 31 heavy (non-hydrogen) atoms. The van der Waals surface area contributed by atoms with Gasteiger partial charge in [-0.05, 0) is 60.7 Å². The standard InChI is InChI=1S/C23H30N2O5S/c1-16(2)17-7-12-21(30-4)22(14-17)31(27,28)25-13-5-6-18(15-25)23(26)24-19-8-10-20(29-3)11-9-19/h7-12,14,16,18H,5-6,13,15H2,1-4H3,(H,24,26)/t18-/m1/s1. The number of carbonyl (C=O) groups excluding carboxylic acids is 1. The minimum absolute atomic E-state index is 0.138. The topological polar surface area (TPSA) is 84.9 Å². The second kappa shape index (κ2) is 9.70. The third-order valence-electron chi connectivity index (χ3n) is 5.58. The van der Waals surface area contributed by atoms with Gasteiger partial charge >= 0.3 is 0 Å². The number of hydrogen-bond donors (Lipinski definition) is 1. The average Bonchev–Trinajstić information content (AvgIpc) is 2.79. The highest BCUT2D eigenvalue weighted by Gasteiger charge is 2.35. The Balaban J connectivity index is 1.78. The van der Waals surface area contributed by atoms with E-state index < -0.39 is 15.9 Å². The largest absolute Gasteiger partial charge is 0.497 e. The molecule has 1 aliphatic heterocycles. The van der Waals surface area contributed by atoms with Gasteiger partial charge in [0.25, 0.3) is 0 Å². The first-order valence-corrected chi connectivity index (χ1v) is 11.8. The van der Waals surface area contributed by atoms with Gasteiger partial charge in [0.1, 0.15) is 16.4 Å². The molecular formula is C23H30N2O5S. The summed E-state index contributed by atoms with van der Waals surface area (Å²) in [5, 5.41) is 2.88. The third-order valence-corrected chi connectivity index (χ3v) is 7.47. The molecule has 7 nitrogen and oxygen atoms in total. The van der Waals surface area contributed by atoms with Crippen LogP contribution in [0.25, 0.3) is 0 Å². The Morgan fingerprint density at radius 3 is 2.42 bits per heavy atom. The van der Waals surface area contributed by atoms with E-state index in [1.165, 1.54) is 11.4 Å². The van der Waals surface area contributed by atoms with Crippen LogP contribution in [0.15, 0.2) is 47.4 Å². The smallest absolute Gasteiger partial charge is 0.246 e. The van der Waals surface area contributed by atoms with Crippen LogP contribution in [-0.2, 0) is 14.8 Å². The number of sulfonamides is 1. The predicted molar refractivity (Wildman–Crippen MR) is 120 cm³/mol. The van der Waals surface area contributed by atoms with Crippen molar-refractivity contribution in [2.75, 3.05) is 32.6 Å². The van der Waals surface area contributed by atoms with Crippen LogP contribution in [0, 0.1) is 5.92 Å². The van der Waals surface area contributed by atoms with Crippen LogP contribution >= 0.6 is 0 Å². The fourth-order valence-electron chi connectivity index (χ4n) is 3.69. The lowest BCUT2D eigenvalue weighted by Crippen LogP contribution is -2.43. The van der Waals surface area contributed by atoms with Crippen molar-refractivity contribution in [1.82, 2.24) is 4.31 Å². The maximum Gasteiger partial charge on any atom is 0.246 e. The van der Waals surface area contributed by atoms with Gasteiger partial charge in [-0.2, -0.15) is 4.31 Å². The van der Waals surface area contributed by atoms with E-state index >= 15 is 0 Å². The quantitative estimate of drug-likeness (QED) is 0.698. The maximum absolute atomic E-state index is 13.4. The fourth-order valence-corrected chi connectivity index (χ4v) is 5.40. The van der Waals surface area contributed by atoms with E-state index in [0.717, 1.165) is 5.56 Å². The molecule has 168 valence electrons.